The van der Waals surface area contributed by atoms with Gasteiger partial charge in [-0.2, -0.15) is 0 Å². The van der Waals surface area contributed by atoms with Crippen LogP contribution in [0.1, 0.15) is 52.1 Å². The molecule has 0 radical (unpaired) electrons. The molecule has 2 heteroatoms. The van der Waals surface area contributed by atoms with Gasteiger partial charge in [-0.25, -0.2) is 0 Å². The molecule has 0 heterocycles. The zero-order valence-corrected chi connectivity index (χ0v) is 14.2. The van der Waals surface area contributed by atoms with Crippen LogP contribution in [0, 0.1) is 11.8 Å². The Balaban J connectivity index is 2.01. The van der Waals surface area contributed by atoms with Crippen molar-refractivity contribution in [3.05, 3.63) is 35.9 Å². The van der Waals surface area contributed by atoms with Gasteiger partial charge in [-0.1, -0.05) is 44.2 Å². The molecule has 0 saturated heterocycles. The van der Waals surface area contributed by atoms with E-state index in [-0.39, 0.29) is 0 Å². The first-order valence-corrected chi connectivity index (χ1v) is 8.64. The highest BCUT2D eigenvalue weighted by molar-refractivity contribution is 5.19. The van der Waals surface area contributed by atoms with Gasteiger partial charge in [0.25, 0.3) is 0 Å². The van der Waals surface area contributed by atoms with Gasteiger partial charge in [0.2, 0.25) is 0 Å². The maximum atomic E-state index is 3.69. The van der Waals surface area contributed by atoms with Crippen molar-refractivity contribution in [2.75, 3.05) is 19.6 Å². The van der Waals surface area contributed by atoms with Gasteiger partial charge in [-0.15, -0.1) is 0 Å². The fourth-order valence-corrected chi connectivity index (χ4v) is 3.13. The average molecular weight is 288 g/mol. The smallest absolute Gasteiger partial charge is 0.0358 e. The van der Waals surface area contributed by atoms with E-state index in [2.05, 4.69) is 68.2 Å². The second kappa shape index (κ2) is 7.95. The lowest BCUT2D eigenvalue weighted by atomic mass is 9.93. The van der Waals surface area contributed by atoms with Crippen LogP contribution in [0.25, 0.3) is 0 Å². The minimum Gasteiger partial charge on any atom is -0.310 e. The molecule has 0 amide bonds. The van der Waals surface area contributed by atoms with Gasteiger partial charge in [0.1, 0.15) is 0 Å². The van der Waals surface area contributed by atoms with E-state index in [1.165, 1.54) is 31.5 Å². The Hall–Kier alpha value is -0.860. The number of hydrogen-bond donors (Lipinski definition) is 1. The molecule has 0 aliphatic heterocycles. The molecule has 2 rings (SSSR count). The standard InChI is InChI=1S/C19H32N2/c1-5-20-19(18-9-7-6-8-10-18)16(4)13-21(15(2)3)14-17-11-12-17/h6-10,15-17,19-20H,5,11-14H2,1-4H3. The van der Waals surface area contributed by atoms with Crippen molar-refractivity contribution >= 4 is 0 Å². The first-order valence-electron chi connectivity index (χ1n) is 8.64. The van der Waals surface area contributed by atoms with Crippen molar-refractivity contribution in [1.82, 2.24) is 10.2 Å². The molecule has 1 aliphatic rings. The van der Waals surface area contributed by atoms with Crippen LogP contribution < -0.4 is 5.32 Å². The van der Waals surface area contributed by atoms with Crippen molar-refractivity contribution in [2.45, 2.75) is 52.6 Å². The molecular formula is C19H32N2. The summed E-state index contributed by atoms with van der Waals surface area (Å²) in [6.45, 7) is 12.7. The Kier molecular flexibility index (Phi) is 6.25. The summed E-state index contributed by atoms with van der Waals surface area (Å²) in [7, 11) is 0. The third-order valence-corrected chi connectivity index (χ3v) is 4.59. The first-order chi connectivity index (χ1) is 10.1. The maximum absolute atomic E-state index is 3.69. The van der Waals surface area contributed by atoms with E-state index in [4.69, 9.17) is 0 Å². The van der Waals surface area contributed by atoms with Crippen LogP contribution in [-0.4, -0.2) is 30.6 Å². The lowest BCUT2D eigenvalue weighted by molar-refractivity contribution is 0.167. The lowest BCUT2D eigenvalue weighted by Crippen LogP contribution is -2.40. The number of hydrogen-bond acceptors (Lipinski definition) is 2. The van der Waals surface area contributed by atoms with Gasteiger partial charge in [-0.3, -0.25) is 0 Å². The molecule has 2 unspecified atom stereocenters. The van der Waals surface area contributed by atoms with Crippen molar-refractivity contribution in [2.24, 2.45) is 11.8 Å². The van der Waals surface area contributed by atoms with Gasteiger partial charge in [-0.05, 0) is 50.6 Å². The summed E-state index contributed by atoms with van der Waals surface area (Å²) in [5.41, 5.74) is 1.42. The highest BCUT2D eigenvalue weighted by atomic mass is 15.2. The zero-order valence-electron chi connectivity index (χ0n) is 14.2. The fraction of sp³-hybridized carbons (Fsp3) is 0.684. The van der Waals surface area contributed by atoms with E-state index in [0.29, 0.717) is 18.0 Å². The van der Waals surface area contributed by atoms with E-state index in [9.17, 15) is 0 Å². The summed E-state index contributed by atoms with van der Waals surface area (Å²) in [6, 6.07) is 12.0. The quantitative estimate of drug-likeness (QED) is 0.736. The van der Waals surface area contributed by atoms with Crippen LogP contribution in [0.2, 0.25) is 0 Å². The molecule has 1 aromatic carbocycles. The largest absolute Gasteiger partial charge is 0.310 e. The number of rotatable bonds is 9. The predicted octanol–water partition coefficient (Wildman–Crippen LogP) is 4.09. The molecule has 21 heavy (non-hydrogen) atoms. The summed E-state index contributed by atoms with van der Waals surface area (Å²) >= 11 is 0. The molecular weight excluding hydrogens is 256 g/mol. The zero-order chi connectivity index (χ0) is 15.2. The summed E-state index contributed by atoms with van der Waals surface area (Å²) in [5, 5.41) is 3.69. The Morgan fingerprint density at radius 1 is 1.14 bits per heavy atom. The van der Waals surface area contributed by atoms with Crippen LogP contribution in [0.3, 0.4) is 0 Å². The SMILES string of the molecule is CCNC(c1ccccc1)C(C)CN(CC1CC1)C(C)C. The Bertz CT molecular complexity index is 397. The molecule has 1 fully saturated rings. The molecule has 1 N–H and O–H groups in total. The van der Waals surface area contributed by atoms with Crippen LogP contribution in [0.4, 0.5) is 0 Å². The summed E-state index contributed by atoms with van der Waals surface area (Å²) in [5.74, 6) is 1.59. The van der Waals surface area contributed by atoms with E-state index in [1.54, 1.807) is 0 Å². The Labute approximate surface area is 130 Å². The monoisotopic (exact) mass is 288 g/mol. The maximum Gasteiger partial charge on any atom is 0.0358 e. The number of nitrogens with one attached hydrogen (secondary N) is 1. The molecule has 0 aromatic heterocycles. The molecule has 2 nitrogen and oxygen atoms in total. The predicted molar refractivity (Wildman–Crippen MR) is 91.5 cm³/mol. The van der Waals surface area contributed by atoms with Gasteiger partial charge in [0.05, 0.1) is 0 Å². The molecule has 2 atom stereocenters. The van der Waals surface area contributed by atoms with Crippen LogP contribution >= 0.6 is 0 Å². The third kappa shape index (κ3) is 5.12. The Morgan fingerprint density at radius 2 is 1.81 bits per heavy atom. The summed E-state index contributed by atoms with van der Waals surface area (Å²) in [4.78, 5) is 2.68. The van der Waals surface area contributed by atoms with E-state index < -0.39 is 0 Å². The third-order valence-electron chi connectivity index (χ3n) is 4.59. The molecule has 118 valence electrons. The van der Waals surface area contributed by atoms with E-state index >= 15 is 0 Å². The Morgan fingerprint density at radius 3 is 2.33 bits per heavy atom. The van der Waals surface area contributed by atoms with Gasteiger partial charge in [0.15, 0.2) is 0 Å². The molecule has 1 aromatic rings. The highest BCUT2D eigenvalue weighted by Gasteiger charge is 2.28. The fourth-order valence-electron chi connectivity index (χ4n) is 3.13. The van der Waals surface area contributed by atoms with E-state index in [0.717, 1.165) is 12.5 Å². The molecule has 1 saturated carbocycles. The van der Waals surface area contributed by atoms with Gasteiger partial charge in [0, 0.05) is 25.2 Å². The minimum absolute atomic E-state index is 0.455. The van der Waals surface area contributed by atoms with Crippen molar-refractivity contribution in [3.63, 3.8) is 0 Å². The van der Waals surface area contributed by atoms with Gasteiger partial charge >= 0.3 is 0 Å². The summed E-state index contributed by atoms with van der Waals surface area (Å²) in [6.07, 6.45) is 2.87. The lowest BCUT2D eigenvalue weighted by Gasteiger charge is -2.33. The van der Waals surface area contributed by atoms with Gasteiger partial charge < -0.3 is 10.2 Å². The second-order valence-electron chi connectivity index (χ2n) is 6.91. The molecule has 0 bridgehead atoms. The van der Waals surface area contributed by atoms with Crippen LogP contribution in [-0.2, 0) is 0 Å². The normalized spacial score (nSPS) is 18.2. The summed E-state index contributed by atoms with van der Waals surface area (Å²) < 4.78 is 0. The van der Waals surface area contributed by atoms with Crippen molar-refractivity contribution < 1.29 is 0 Å². The van der Waals surface area contributed by atoms with Crippen LogP contribution in [0.5, 0.6) is 0 Å². The highest BCUT2D eigenvalue weighted by Crippen LogP contribution is 2.31. The topological polar surface area (TPSA) is 15.3 Å². The van der Waals surface area contributed by atoms with Crippen LogP contribution in [0.15, 0.2) is 30.3 Å². The van der Waals surface area contributed by atoms with E-state index in [1.807, 2.05) is 0 Å². The average Bonchev–Trinajstić information content (AvgIpc) is 3.28. The second-order valence-corrected chi connectivity index (χ2v) is 6.91. The first kappa shape index (κ1) is 16.5. The minimum atomic E-state index is 0.455. The molecule has 1 aliphatic carbocycles. The van der Waals surface area contributed by atoms with Crippen molar-refractivity contribution in [1.29, 1.82) is 0 Å². The van der Waals surface area contributed by atoms with Crippen molar-refractivity contribution in [3.8, 4) is 0 Å². The number of nitrogens with zero attached hydrogens (tertiary/aromatic N) is 1. The molecule has 0 spiro atoms. The number of benzene rings is 1.